The third-order valence-electron chi connectivity index (χ3n) is 2.79. The predicted octanol–water partition coefficient (Wildman–Crippen LogP) is 3.70. The number of ether oxygens (including phenoxy) is 1. The van der Waals surface area contributed by atoms with Crippen molar-refractivity contribution in [3.8, 4) is 11.5 Å². The summed E-state index contributed by atoms with van der Waals surface area (Å²) in [6, 6.07) is 10.1. The zero-order valence-corrected chi connectivity index (χ0v) is 12.2. The number of phenols is 1. The van der Waals surface area contributed by atoms with Crippen molar-refractivity contribution in [1.82, 2.24) is 0 Å². The third kappa shape index (κ3) is 2.79. The summed E-state index contributed by atoms with van der Waals surface area (Å²) in [5.74, 6) is 0.434. The summed E-state index contributed by atoms with van der Waals surface area (Å²) in [6.45, 7) is 1.85. The van der Waals surface area contributed by atoms with Crippen LogP contribution < -0.4 is 4.74 Å². The molecular formula is C15H13BrO3. The van der Waals surface area contributed by atoms with E-state index in [1.54, 1.807) is 43.5 Å². The zero-order chi connectivity index (χ0) is 14.0. The summed E-state index contributed by atoms with van der Waals surface area (Å²) in [4.78, 5) is 12.4. The minimum absolute atomic E-state index is 0.0207. The van der Waals surface area contributed by atoms with Crippen molar-refractivity contribution < 1.29 is 14.6 Å². The summed E-state index contributed by atoms with van der Waals surface area (Å²) in [6.07, 6.45) is 0. The first-order valence-corrected chi connectivity index (χ1v) is 6.50. The van der Waals surface area contributed by atoms with Gasteiger partial charge in [-0.05, 0) is 64.8 Å². The fourth-order valence-electron chi connectivity index (χ4n) is 1.84. The SMILES string of the molecule is COc1ccc(C(=O)c2c(O)cc(C)cc2Br)cc1. The van der Waals surface area contributed by atoms with Gasteiger partial charge < -0.3 is 9.84 Å². The molecule has 2 aromatic rings. The molecule has 0 saturated heterocycles. The van der Waals surface area contributed by atoms with Crippen LogP contribution in [0, 0.1) is 6.92 Å². The van der Waals surface area contributed by atoms with Crippen LogP contribution in [0.3, 0.4) is 0 Å². The molecule has 19 heavy (non-hydrogen) atoms. The van der Waals surface area contributed by atoms with Crippen LogP contribution in [0.4, 0.5) is 0 Å². The largest absolute Gasteiger partial charge is 0.507 e. The van der Waals surface area contributed by atoms with E-state index in [0.29, 0.717) is 15.8 Å². The van der Waals surface area contributed by atoms with Gasteiger partial charge in [-0.2, -0.15) is 0 Å². The van der Waals surface area contributed by atoms with E-state index in [9.17, 15) is 9.90 Å². The number of rotatable bonds is 3. The second-order valence-electron chi connectivity index (χ2n) is 4.20. The molecule has 0 aliphatic rings. The molecule has 4 heteroatoms. The number of ketones is 1. The van der Waals surface area contributed by atoms with E-state index < -0.39 is 0 Å². The van der Waals surface area contributed by atoms with Crippen LogP contribution in [0.25, 0.3) is 0 Å². The topological polar surface area (TPSA) is 46.5 Å². The number of hydrogen-bond donors (Lipinski definition) is 1. The second kappa shape index (κ2) is 5.45. The van der Waals surface area contributed by atoms with Gasteiger partial charge >= 0.3 is 0 Å². The van der Waals surface area contributed by atoms with Gasteiger partial charge in [-0.25, -0.2) is 0 Å². The molecule has 0 aliphatic heterocycles. The van der Waals surface area contributed by atoms with Gasteiger partial charge in [0.05, 0.1) is 12.7 Å². The maximum Gasteiger partial charge on any atom is 0.197 e. The number of aromatic hydroxyl groups is 1. The number of carbonyl (C=O) groups excluding carboxylic acids is 1. The van der Waals surface area contributed by atoms with E-state index >= 15 is 0 Å². The molecule has 2 aromatic carbocycles. The van der Waals surface area contributed by atoms with Crippen LogP contribution in [-0.2, 0) is 0 Å². The van der Waals surface area contributed by atoms with Crippen LogP contribution in [0.2, 0.25) is 0 Å². The summed E-state index contributed by atoms with van der Waals surface area (Å²) >= 11 is 3.32. The normalized spacial score (nSPS) is 10.3. The molecule has 0 radical (unpaired) electrons. The van der Waals surface area contributed by atoms with Crippen LogP contribution in [-0.4, -0.2) is 18.0 Å². The average molecular weight is 321 g/mol. The number of methoxy groups -OCH3 is 1. The van der Waals surface area contributed by atoms with Crippen LogP contribution in [0.15, 0.2) is 40.9 Å². The highest BCUT2D eigenvalue weighted by Gasteiger charge is 2.17. The fraction of sp³-hybridized carbons (Fsp3) is 0.133. The zero-order valence-electron chi connectivity index (χ0n) is 10.6. The minimum atomic E-state index is -0.230. The van der Waals surface area contributed by atoms with E-state index in [1.807, 2.05) is 6.92 Å². The highest BCUT2D eigenvalue weighted by atomic mass is 79.9. The maximum absolute atomic E-state index is 12.4. The standard InChI is InChI=1S/C15H13BrO3/c1-9-7-12(16)14(13(17)8-9)15(18)10-3-5-11(19-2)6-4-10/h3-8,17H,1-2H3. The number of aryl methyl sites for hydroxylation is 1. The Hall–Kier alpha value is -1.81. The molecule has 0 bridgehead atoms. The Morgan fingerprint density at radius 2 is 1.84 bits per heavy atom. The Bertz CT molecular complexity index is 595. The Balaban J connectivity index is 2.44. The van der Waals surface area contributed by atoms with Gasteiger partial charge in [0.1, 0.15) is 11.5 Å². The lowest BCUT2D eigenvalue weighted by Gasteiger charge is -2.08. The number of hydrogen-bond acceptors (Lipinski definition) is 3. The number of phenolic OH excluding ortho intramolecular Hbond substituents is 1. The molecule has 0 amide bonds. The van der Waals surface area contributed by atoms with E-state index in [-0.39, 0.29) is 17.1 Å². The van der Waals surface area contributed by atoms with Crippen molar-refractivity contribution in [2.24, 2.45) is 0 Å². The molecule has 0 aliphatic carbocycles. The molecule has 0 spiro atoms. The summed E-state index contributed by atoms with van der Waals surface area (Å²) in [7, 11) is 1.57. The van der Waals surface area contributed by atoms with Crippen molar-refractivity contribution >= 4 is 21.7 Å². The van der Waals surface area contributed by atoms with E-state index in [2.05, 4.69) is 15.9 Å². The minimum Gasteiger partial charge on any atom is -0.507 e. The first kappa shape index (κ1) is 13.6. The number of carbonyl (C=O) groups is 1. The van der Waals surface area contributed by atoms with Gasteiger partial charge in [0, 0.05) is 10.0 Å². The molecule has 0 aromatic heterocycles. The van der Waals surface area contributed by atoms with Crippen molar-refractivity contribution in [1.29, 1.82) is 0 Å². The molecular weight excluding hydrogens is 308 g/mol. The molecule has 2 rings (SSSR count). The lowest BCUT2D eigenvalue weighted by molar-refractivity contribution is 0.103. The van der Waals surface area contributed by atoms with Gasteiger partial charge in [0.2, 0.25) is 0 Å². The number of benzene rings is 2. The Labute approximate surface area is 120 Å². The molecule has 0 heterocycles. The van der Waals surface area contributed by atoms with Crippen molar-refractivity contribution in [2.45, 2.75) is 6.92 Å². The van der Waals surface area contributed by atoms with Gasteiger partial charge in [0.15, 0.2) is 5.78 Å². The molecule has 0 saturated carbocycles. The van der Waals surface area contributed by atoms with Crippen molar-refractivity contribution in [3.05, 3.63) is 57.6 Å². The lowest BCUT2D eigenvalue weighted by Crippen LogP contribution is -2.03. The van der Waals surface area contributed by atoms with E-state index in [0.717, 1.165) is 5.56 Å². The predicted molar refractivity (Wildman–Crippen MR) is 77.0 cm³/mol. The van der Waals surface area contributed by atoms with Crippen molar-refractivity contribution in [3.63, 3.8) is 0 Å². The quantitative estimate of drug-likeness (QED) is 0.877. The summed E-state index contributed by atoms with van der Waals surface area (Å²) < 4.78 is 5.64. The molecule has 98 valence electrons. The summed E-state index contributed by atoms with van der Waals surface area (Å²) in [5, 5.41) is 9.93. The average Bonchev–Trinajstić information content (AvgIpc) is 2.37. The Morgan fingerprint density at radius 3 is 2.37 bits per heavy atom. The fourth-order valence-corrected chi connectivity index (χ4v) is 2.58. The van der Waals surface area contributed by atoms with E-state index in [4.69, 9.17) is 4.74 Å². The van der Waals surface area contributed by atoms with Crippen LogP contribution in [0.1, 0.15) is 21.5 Å². The first-order chi connectivity index (χ1) is 9.02. The van der Waals surface area contributed by atoms with Gasteiger partial charge in [-0.1, -0.05) is 0 Å². The van der Waals surface area contributed by atoms with Crippen LogP contribution in [0.5, 0.6) is 11.5 Å². The molecule has 0 fully saturated rings. The Morgan fingerprint density at radius 1 is 1.21 bits per heavy atom. The molecule has 3 nitrogen and oxygen atoms in total. The molecule has 0 unspecified atom stereocenters. The first-order valence-electron chi connectivity index (χ1n) is 5.71. The van der Waals surface area contributed by atoms with Crippen molar-refractivity contribution in [2.75, 3.05) is 7.11 Å². The lowest BCUT2D eigenvalue weighted by atomic mass is 10.0. The highest BCUT2D eigenvalue weighted by Crippen LogP contribution is 2.30. The van der Waals surface area contributed by atoms with Gasteiger partial charge in [-0.3, -0.25) is 4.79 Å². The molecule has 1 N–H and O–H groups in total. The smallest absolute Gasteiger partial charge is 0.197 e. The van der Waals surface area contributed by atoms with Gasteiger partial charge in [-0.15, -0.1) is 0 Å². The second-order valence-corrected chi connectivity index (χ2v) is 5.05. The summed E-state index contributed by atoms with van der Waals surface area (Å²) in [5.41, 5.74) is 1.66. The third-order valence-corrected chi connectivity index (χ3v) is 3.42. The molecule has 0 atom stereocenters. The monoisotopic (exact) mass is 320 g/mol. The Kier molecular flexibility index (Phi) is 3.90. The van der Waals surface area contributed by atoms with Crippen LogP contribution >= 0.6 is 15.9 Å². The maximum atomic E-state index is 12.4. The highest BCUT2D eigenvalue weighted by molar-refractivity contribution is 9.10. The number of halogens is 1. The van der Waals surface area contributed by atoms with Gasteiger partial charge in [0.25, 0.3) is 0 Å². The van der Waals surface area contributed by atoms with E-state index in [1.165, 1.54) is 0 Å².